The van der Waals surface area contributed by atoms with Gasteiger partial charge < -0.3 is 14.6 Å². The molecule has 4 aromatic rings. The van der Waals surface area contributed by atoms with Crippen LogP contribution in [0.25, 0.3) is 10.9 Å². The Morgan fingerprint density at radius 2 is 1.76 bits per heavy atom. The second-order valence-corrected chi connectivity index (χ2v) is 10.8. The lowest BCUT2D eigenvalue weighted by Crippen LogP contribution is -2.49. The van der Waals surface area contributed by atoms with E-state index < -0.39 is 0 Å². The van der Waals surface area contributed by atoms with E-state index in [9.17, 15) is 4.79 Å². The van der Waals surface area contributed by atoms with Crippen LogP contribution in [0.2, 0.25) is 0 Å². The number of ether oxygens (including phenoxy) is 1. The number of fused-ring (bicyclic) bond motifs is 1. The highest BCUT2D eigenvalue weighted by atomic mass is 16.5. The summed E-state index contributed by atoms with van der Waals surface area (Å²) in [5.74, 6) is 1.55. The van der Waals surface area contributed by atoms with Crippen molar-refractivity contribution >= 4 is 16.6 Å². The predicted molar refractivity (Wildman–Crippen MR) is 150 cm³/mol. The van der Waals surface area contributed by atoms with Crippen LogP contribution in [-0.2, 0) is 5.54 Å². The summed E-state index contributed by atoms with van der Waals surface area (Å²) in [5, 5.41) is 14.0. The second-order valence-electron chi connectivity index (χ2n) is 10.8. The van der Waals surface area contributed by atoms with Crippen LogP contribution in [0.1, 0.15) is 55.7 Å². The average Bonchev–Trinajstić information content (AvgIpc) is 3.41. The van der Waals surface area contributed by atoms with Crippen LogP contribution in [0.4, 0.5) is 5.69 Å². The molecule has 0 amide bonds. The van der Waals surface area contributed by atoms with E-state index in [1.165, 1.54) is 5.56 Å². The van der Waals surface area contributed by atoms with Gasteiger partial charge in [0.15, 0.2) is 5.82 Å². The first-order valence-corrected chi connectivity index (χ1v) is 13.3. The Bertz CT molecular complexity index is 1500. The van der Waals surface area contributed by atoms with Crippen LogP contribution in [0.5, 0.6) is 5.75 Å². The van der Waals surface area contributed by atoms with Crippen LogP contribution in [0.15, 0.2) is 47.3 Å². The van der Waals surface area contributed by atoms with Crippen LogP contribution < -0.4 is 15.2 Å². The van der Waals surface area contributed by atoms with E-state index in [-0.39, 0.29) is 17.1 Å². The molecule has 0 spiro atoms. The minimum absolute atomic E-state index is 0.109. The number of hydrogen-bond donors (Lipinski definition) is 1. The van der Waals surface area contributed by atoms with Crippen molar-refractivity contribution in [3.05, 3.63) is 75.3 Å². The maximum Gasteiger partial charge on any atom is 0.253 e. The number of aromatic nitrogens is 5. The lowest BCUT2D eigenvalue weighted by atomic mass is 9.98. The number of rotatable bonds is 7. The highest BCUT2D eigenvalue weighted by molar-refractivity contribution is 5.81. The Morgan fingerprint density at radius 3 is 2.47 bits per heavy atom. The number of aromatic amines is 1. The van der Waals surface area contributed by atoms with Gasteiger partial charge in [0.1, 0.15) is 11.8 Å². The van der Waals surface area contributed by atoms with Gasteiger partial charge in [-0.3, -0.25) is 9.69 Å². The molecule has 2 aromatic heterocycles. The Morgan fingerprint density at radius 1 is 1.05 bits per heavy atom. The number of H-pyrrole nitrogens is 1. The van der Waals surface area contributed by atoms with Gasteiger partial charge in [0.05, 0.1) is 18.3 Å². The highest BCUT2D eigenvalue weighted by Gasteiger charge is 2.36. The van der Waals surface area contributed by atoms with Crippen molar-refractivity contribution in [3.63, 3.8) is 0 Å². The molecule has 0 bridgehead atoms. The zero-order valence-corrected chi connectivity index (χ0v) is 23.2. The molecule has 1 atom stereocenters. The number of aryl methyl sites for hydroxylation is 2. The Hall–Kier alpha value is -3.72. The summed E-state index contributed by atoms with van der Waals surface area (Å²) in [7, 11) is 1.70. The molecule has 2 aromatic carbocycles. The molecule has 1 saturated heterocycles. The van der Waals surface area contributed by atoms with Gasteiger partial charge in [0, 0.05) is 37.3 Å². The molecule has 5 rings (SSSR count). The molecule has 1 aliphatic heterocycles. The fourth-order valence-electron chi connectivity index (χ4n) is 5.25. The minimum atomic E-state index is -0.384. The van der Waals surface area contributed by atoms with E-state index in [4.69, 9.17) is 4.74 Å². The van der Waals surface area contributed by atoms with Crippen LogP contribution >= 0.6 is 0 Å². The molecule has 0 saturated carbocycles. The van der Waals surface area contributed by atoms with Gasteiger partial charge in [-0.05, 0) is 91.4 Å². The van der Waals surface area contributed by atoms with E-state index in [1.807, 2.05) is 35.0 Å². The van der Waals surface area contributed by atoms with Gasteiger partial charge in [0.25, 0.3) is 5.56 Å². The summed E-state index contributed by atoms with van der Waals surface area (Å²) >= 11 is 0. The van der Waals surface area contributed by atoms with Crippen LogP contribution in [0, 0.1) is 13.8 Å². The predicted octanol–water partition coefficient (Wildman–Crippen LogP) is 4.20. The Balaban J connectivity index is 1.58. The first kappa shape index (κ1) is 25.9. The molecule has 38 heavy (non-hydrogen) atoms. The van der Waals surface area contributed by atoms with Gasteiger partial charge in [-0.1, -0.05) is 19.1 Å². The molecule has 0 radical (unpaired) electrons. The van der Waals surface area contributed by atoms with Crippen molar-refractivity contribution in [2.75, 3.05) is 38.2 Å². The topological polar surface area (TPSA) is 92.2 Å². The largest absolute Gasteiger partial charge is 0.495 e. The third kappa shape index (κ3) is 4.67. The summed E-state index contributed by atoms with van der Waals surface area (Å²) in [6, 6.07) is 13.9. The number of hydrogen-bond acceptors (Lipinski definition) is 7. The molecule has 0 aliphatic carbocycles. The van der Waals surface area contributed by atoms with E-state index >= 15 is 0 Å². The average molecular weight is 516 g/mol. The fourth-order valence-corrected chi connectivity index (χ4v) is 5.25. The number of para-hydroxylation sites is 2. The first-order valence-electron chi connectivity index (χ1n) is 13.3. The molecule has 1 unspecified atom stereocenters. The third-order valence-corrected chi connectivity index (χ3v) is 8.06. The number of nitrogens with zero attached hydrogens (tertiary/aromatic N) is 6. The zero-order chi connectivity index (χ0) is 27.0. The van der Waals surface area contributed by atoms with Crippen LogP contribution in [-0.4, -0.2) is 63.4 Å². The van der Waals surface area contributed by atoms with Gasteiger partial charge in [-0.25, -0.2) is 4.68 Å². The van der Waals surface area contributed by atoms with E-state index in [0.29, 0.717) is 11.4 Å². The summed E-state index contributed by atoms with van der Waals surface area (Å²) in [4.78, 5) is 21.4. The van der Waals surface area contributed by atoms with Gasteiger partial charge in [0.2, 0.25) is 0 Å². The van der Waals surface area contributed by atoms with Gasteiger partial charge in [-0.15, -0.1) is 5.10 Å². The van der Waals surface area contributed by atoms with Crippen LogP contribution in [0.3, 0.4) is 0 Å². The maximum absolute atomic E-state index is 13.6. The summed E-state index contributed by atoms with van der Waals surface area (Å²) in [6.45, 7) is 13.6. The van der Waals surface area contributed by atoms with E-state index in [1.54, 1.807) is 7.11 Å². The monoisotopic (exact) mass is 515 g/mol. The fraction of sp³-hybridized carbons (Fsp3) is 0.448. The number of anilines is 1. The molecule has 9 heteroatoms. The first-order chi connectivity index (χ1) is 18.2. The number of methoxy groups -OCH3 is 1. The molecule has 1 fully saturated rings. The minimum Gasteiger partial charge on any atom is -0.495 e. The van der Waals surface area contributed by atoms with Crippen molar-refractivity contribution in [2.24, 2.45) is 0 Å². The lowest BCUT2D eigenvalue weighted by molar-refractivity contribution is 0.186. The SMILES string of the molecule is CCC(C)(C)n1nnnc1C(c1cc2cc(C)c(C)cc2[nH]c1=O)N1CCN(c2ccccc2OC)CC1. The number of benzene rings is 2. The quantitative estimate of drug-likeness (QED) is 0.394. The number of piperazine rings is 1. The standard InChI is InChI=1S/C29H37N7O2/c1-7-29(4,5)36-27(31-32-33-36)26(22-18-21-16-19(2)20(3)17-23(21)30-28(22)37)35-14-12-34(13-15-35)24-10-8-9-11-25(24)38-6/h8-11,16-18,26H,7,12-15H2,1-6H3,(H,30,37). The van der Waals surface area contributed by atoms with Crippen molar-refractivity contribution in [3.8, 4) is 5.75 Å². The molecular weight excluding hydrogens is 478 g/mol. The summed E-state index contributed by atoms with van der Waals surface area (Å²) in [6.07, 6.45) is 0.853. The Kier molecular flexibility index (Phi) is 6.96. The smallest absolute Gasteiger partial charge is 0.253 e. The van der Waals surface area contributed by atoms with Gasteiger partial charge >= 0.3 is 0 Å². The zero-order valence-electron chi connectivity index (χ0n) is 23.2. The molecule has 3 heterocycles. The molecule has 200 valence electrons. The third-order valence-electron chi connectivity index (χ3n) is 8.06. The second kappa shape index (κ2) is 10.2. The molecule has 1 aliphatic rings. The van der Waals surface area contributed by atoms with Gasteiger partial charge in [-0.2, -0.15) is 0 Å². The van der Waals surface area contributed by atoms with Crippen molar-refractivity contribution in [1.29, 1.82) is 0 Å². The van der Waals surface area contributed by atoms with Crippen molar-refractivity contribution < 1.29 is 4.74 Å². The molecule has 1 N–H and O–H groups in total. The van der Waals surface area contributed by atoms with E-state index in [2.05, 4.69) is 77.1 Å². The number of tetrazole rings is 1. The number of pyridine rings is 1. The normalized spacial score (nSPS) is 15.7. The highest BCUT2D eigenvalue weighted by Crippen LogP contribution is 2.34. The lowest BCUT2D eigenvalue weighted by Gasteiger charge is -2.40. The summed E-state index contributed by atoms with van der Waals surface area (Å²) < 4.78 is 7.51. The molecule has 9 nitrogen and oxygen atoms in total. The van der Waals surface area contributed by atoms with Crippen molar-refractivity contribution in [1.82, 2.24) is 30.1 Å². The van der Waals surface area contributed by atoms with Crippen molar-refractivity contribution in [2.45, 2.75) is 52.6 Å². The molecular formula is C29H37N7O2. The van der Waals surface area contributed by atoms with E-state index in [0.717, 1.165) is 60.5 Å². The maximum atomic E-state index is 13.6. The summed E-state index contributed by atoms with van der Waals surface area (Å²) in [5.41, 5.74) is 4.52. The number of nitrogens with one attached hydrogen (secondary N) is 1. The Labute approximate surface area is 223 Å².